The maximum Gasteiger partial charge on any atom is 0.191 e. The number of nitrogens with zero attached hydrogens (tertiary/aromatic N) is 3. The first kappa shape index (κ1) is 17.3. The average molecular weight is 333 g/mol. The fourth-order valence-electron chi connectivity index (χ4n) is 3.85. The molecule has 3 atom stereocenters. The van der Waals surface area contributed by atoms with Gasteiger partial charge in [0, 0.05) is 50.2 Å². The van der Waals surface area contributed by atoms with E-state index in [9.17, 15) is 0 Å². The quantitative estimate of drug-likeness (QED) is 0.638. The SMILES string of the molecule is CN=C(NCC(C)c1c(C)noc1C)NC1CN(C2CC2)CC1C. The van der Waals surface area contributed by atoms with Crippen molar-refractivity contribution in [3.8, 4) is 0 Å². The smallest absolute Gasteiger partial charge is 0.191 e. The van der Waals surface area contributed by atoms with E-state index in [1.165, 1.54) is 24.9 Å². The van der Waals surface area contributed by atoms with Gasteiger partial charge in [0.05, 0.1) is 5.69 Å². The molecule has 24 heavy (non-hydrogen) atoms. The maximum absolute atomic E-state index is 5.28. The fourth-order valence-corrected chi connectivity index (χ4v) is 3.85. The van der Waals surface area contributed by atoms with Crippen molar-refractivity contribution in [1.82, 2.24) is 20.7 Å². The Labute approximate surface area is 145 Å². The van der Waals surface area contributed by atoms with E-state index in [-0.39, 0.29) is 0 Å². The lowest BCUT2D eigenvalue weighted by Crippen LogP contribution is -2.47. The summed E-state index contributed by atoms with van der Waals surface area (Å²) in [6, 6.07) is 1.32. The van der Waals surface area contributed by atoms with Crippen molar-refractivity contribution < 1.29 is 4.52 Å². The number of aromatic nitrogens is 1. The number of guanidine groups is 1. The van der Waals surface area contributed by atoms with E-state index in [4.69, 9.17) is 4.52 Å². The first-order valence-corrected chi connectivity index (χ1v) is 9.13. The van der Waals surface area contributed by atoms with E-state index in [1.807, 2.05) is 20.9 Å². The Balaban J connectivity index is 1.52. The van der Waals surface area contributed by atoms with Crippen molar-refractivity contribution in [2.45, 2.75) is 58.5 Å². The van der Waals surface area contributed by atoms with Crippen molar-refractivity contribution in [2.75, 3.05) is 26.7 Å². The van der Waals surface area contributed by atoms with Crippen molar-refractivity contribution in [2.24, 2.45) is 10.9 Å². The monoisotopic (exact) mass is 333 g/mol. The van der Waals surface area contributed by atoms with E-state index >= 15 is 0 Å². The highest BCUT2D eigenvalue weighted by molar-refractivity contribution is 5.80. The van der Waals surface area contributed by atoms with Gasteiger partial charge in [-0.05, 0) is 32.6 Å². The molecule has 1 aromatic rings. The zero-order chi connectivity index (χ0) is 17.3. The number of hydrogen-bond acceptors (Lipinski definition) is 4. The molecule has 0 radical (unpaired) electrons. The van der Waals surface area contributed by atoms with Gasteiger partial charge >= 0.3 is 0 Å². The molecule has 2 aliphatic rings. The number of rotatable bonds is 5. The topological polar surface area (TPSA) is 65.7 Å². The van der Waals surface area contributed by atoms with Crippen LogP contribution in [-0.4, -0.2) is 54.8 Å². The molecular weight excluding hydrogens is 302 g/mol. The molecule has 1 saturated heterocycles. The normalized spacial score (nSPS) is 26.6. The molecule has 0 spiro atoms. The highest BCUT2D eigenvalue weighted by Gasteiger charge is 2.38. The van der Waals surface area contributed by atoms with Crippen molar-refractivity contribution in [1.29, 1.82) is 0 Å². The minimum atomic E-state index is 0.332. The predicted octanol–water partition coefficient (Wildman–Crippen LogP) is 2.04. The van der Waals surface area contributed by atoms with Crippen LogP contribution in [0, 0.1) is 19.8 Å². The van der Waals surface area contributed by atoms with Crippen molar-refractivity contribution >= 4 is 5.96 Å². The van der Waals surface area contributed by atoms with Crippen LogP contribution in [0.4, 0.5) is 0 Å². The second-order valence-electron chi connectivity index (χ2n) is 7.51. The third-order valence-electron chi connectivity index (χ3n) is 5.41. The largest absolute Gasteiger partial charge is 0.361 e. The van der Waals surface area contributed by atoms with E-state index in [2.05, 4.69) is 39.5 Å². The van der Waals surface area contributed by atoms with Crippen LogP contribution in [0.2, 0.25) is 0 Å². The van der Waals surface area contributed by atoms with Crippen LogP contribution in [-0.2, 0) is 0 Å². The van der Waals surface area contributed by atoms with Crippen LogP contribution in [0.25, 0.3) is 0 Å². The van der Waals surface area contributed by atoms with Gasteiger partial charge in [-0.1, -0.05) is 19.0 Å². The minimum absolute atomic E-state index is 0.332. The lowest BCUT2D eigenvalue weighted by atomic mass is 10.00. The third kappa shape index (κ3) is 3.74. The zero-order valence-electron chi connectivity index (χ0n) is 15.6. The summed E-state index contributed by atoms with van der Waals surface area (Å²) in [5.41, 5.74) is 2.18. The van der Waals surface area contributed by atoms with Gasteiger partial charge in [0.2, 0.25) is 0 Å². The van der Waals surface area contributed by atoms with Gasteiger partial charge in [0.25, 0.3) is 0 Å². The predicted molar refractivity (Wildman–Crippen MR) is 96.4 cm³/mol. The summed E-state index contributed by atoms with van der Waals surface area (Å²) in [7, 11) is 1.84. The second-order valence-corrected chi connectivity index (χ2v) is 7.51. The summed E-state index contributed by atoms with van der Waals surface area (Å²) in [5, 5.41) is 11.1. The van der Waals surface area contributed by atoms with Gasteiger partial charge in [-0.25, -0.2) is 0 Å². The molecule has 6 nitrogen and oxygen atoms in total. The van der Waals surface area contributed by atoms with Gasteiger partial charge in [0.15, 0.2) is 5.96 Å². The Morgan fingerprint density at radius 2 is 2.12 bits per heavy atom. The molecule has 2 fully saturated rings. The van der Waals surface area contributed by atoms with Crippen molar-refractivity contribution in [3.63, 3.8) is 0 Å². The Kier molecular flexibility index (Phi) is 5.13. The lowest BCUT2D eigenvalue weighted by Gasteiger charge is -2.22. The molecule has 0 amide bonds. The molecule has 3 unspecified atom stereocenters. The molecule has 2 heterocycles. The van der Waals surface area contributed by atoms with E-state index in [1.54, 1.807) is 0 Å². The van der Waals surface area contributed by atoms with Gasteiger partial charge in [-0.3, -0.25) is 9.89 Å². The number of aryl methyl sites for hydroxylation is 2. The van der Waals surface area contributed by atoms with Crippen molar-refractivity contribution in [3.05, 3.63) is 17.0 Å². The molecule has 3 rings (SSSR count). The van der Waals surface area contributed by atoms with E-state index < -0.39 is 0 Å². The summed E-state index contributed by atoms with van der Waals surface area (Å²) < 4.78 is 5.28. The highest BCUT2D eigenvalue weighted by atomic mass is 16.5. The maximum atomic E-state index is 5.28. The molecule has 134 valence electrons. The molecule has 6 heteroatoms. The van der Waals surface area contributed by atoms with Gasteiger partial charge in [-0.2, -0.15) is 0 Å². The summed E-state index contributed by atoms with van der Waals surface area (Å²) >= 11 is 0. The Bertz CT molecular complexity index is 573. The molecule has 0 bridgehead atoms. The highest BCUT2D eigenvalue weighted by Crippen LogP contribution is 2.31. The molecule has 1 aliphatic carbocycles. The van der Waals surface area contributed by atoms with Gasteiger partial charge in [-0.15, -0.1) is 0 Å². The van der Waals surface area contributed by atoms with Crippen LogP contribution in [0.3, 0.4) is 0 Å². The number of hydrogen-bond donors (Lipinski definition) is 2. The number of aliphatic imine (C=N–C) groups is 1. The summed E-state index contributed by atoms with van der Waals surface area (Å²) in [5.74, 6) is 2.79. The molecule has 1 saturated carbocycles. The van der Waals surface area contributed by atoms with Crippen LogP contribution in [0.1, 0.15) is 49.6 Å². The number of likely N-dealkylation sites (tertiary alicyclic amines) is 1. The standard InChI is InChI=1S/C18H31N5O/c1-11(17-13(3)22-24-14(17)4)8-20-18(19-5)21-16-10-23(9-12(16)2)15-6-7-15/h11-12,15-16H,6-10H2,1-5H3,(H2,19,20,21). The van der Waals surface area contributed by atoms with Gasteiger partial charge < -0.3 is 15.2 Å². The first-order valence-electron chi connectivity index (χ1n) is 9.13. The molecule has 2 N–H and O–H groups in total. The van der Waals surface area contributed by atoms with E-state index in [0.29, 0.717) is 17.9 Å². The lowest BCUT2D eigenvalue weighted by molar-refractivity contribution is 0.315. The molecular formula is C18H31N5O. The van der Waals surface area contributed by atoms with E-state index in [0.717, 1.165) is 36.5 Å². The Hall–Kier alpha value is -1.56. The molecule has 1 aliphatic heterocycles. The summed E-state index contributed by atoms with van der Waals surface area (Å²) in [4.78, 5) is 7.03. The van der Waals surface area contributed by atoms with Crippen LogP contribution in [0.5, 0.6) is 0 Å². The van der Waals surface area contributed by atoms with Crippen LogP contribution in [0.15, 0.2) is 9.52 Å². The molecule has 1 aromatic heterocycles. The summed E-state index contributed by atoms with van der Waals surface area (Å²) in [6.07, 6.45) is 2.75. The average Bonchev–Trinajstić information content (AvgIpc) is 3.26. The zero-order valence-corrected chi connectivity index (χ0v) is 15.6. The third-order valence-corrected chi connectivity index (χ3v) is 5.41. The second kappa shape index (κ2) is 7.13. The summed E-state index contributed by atoms with van der Waals surface area (Å²) in [6.45, 7) is 11.7. The fraction of sp³-hybridized carbons (Fsp3) is 0.778. The van der Waals surface area contributed by atoms with Crippen LogP contribution < -0.4 is 10.6 Å². The number of nitrogens with one attached hydrogen (secondary N) is 2. The van der Waals surface area contributed by atoms with Gasteiger partial charge in [0.1, 0.15) is 5.76 Å². The van der Waals surface area contributed by atoms with Crippen LogP contribution >= 0.6 is 0 Å². The molecule has 0 aromatic carbocycles. The Morgan fingerprint density at radius 1 is 1.38 bits per heavy atom. The minimum Gasteiger partial charge on any atom is -0.361 e. The Morgan fingerprint density at radius 3 is 2.71 bits per heavy atom. The first-order chi connectivity index (χ1) is 11.5.